The number of nitrogens with zero attached hydrogens (tertiary/aromatic N) is 1. The van der Waals surface area contributed by atoms with Gasteiger partial charge in [0.15, 0.2) is 0 Å². The van der Waals surface area contributed by atoms with Gasteiger partial charge in [0.05, 0.1) is 17.1 Å². The largest absolute Gasteiger partial charge is 0.394 e. The molecule has 1 heterocycles. The van der Waals surface area contributed by atoms with Gasteiger partial charge in [0.1, 0.15) is 5.82 Å². The summed E-state index contributed by atoms with van der Waals surface area (Å²) in [5, 5.41) is 8.75. The molecule has 0 amide bonds. The predicted octanol–water partition coefficient (Wildman–Crippen LogP) is 0.418. The van der Waals surface area contributed by atoms with Gasteiger partial charge in [-0.3, -0.25) is 0 Å². The van der Waals surface area contributed by atoms with Crippen LogP contribution in [0.5, 0.6) is 0 Å². The van der Waals surface area contributed by atoms with Crippen LogP contribution in [0, 0.1) is 0 Å². The number of aliphatic hydroxyl groups is 1. The molecule has 5 heteroatoms. The number of aromatic nitrogens is 1. The summed E-state index contributed by atoms with van der Waals surface area (Å²) in [7, 11) is 0. The second-order valence-corrected chi connectivity index (χ2v) is 3.28. The van der Waals surface area contributed by atoms with Crippen LogP contribution in [0.2, 0.25) is 0 Å². The molecule has 66 valence electrons. The third kappa shape index (κ3) is 1.94. The normalized spacial score (nSPS) is 12.9. The zero-order valence-electron chi connectivity index (χ0n) is 6.37. The average Bonchev–Trinajstić information content (AvgIpc) is 2.08. The molecule has 0 aromatic carbocycles. The molecule has 0 aliphatic heterocycles. The second kappa shape index (κ2) is 3.84. The van der Waals surface area contributed by atoms with Gasteiger partial charge in [0, 0.05) is 6.20 Å². The Morgan fingerprint density at radius 1 is 1.67 bits per heavy atom. The molecule has 1 aromatic heterocycles. The number of nitrogen functional groups attached to an aromatic ring is 1. The van der Waals surface area contributed by atoms with Crippen molar-refractivity contribution in [3.8, 4) is 0 Å². The Bertz CT molecular complexity index is 279. The monoisotopic (exact) mass is 231 g/mol. The number of rotatable bonds is 2. The van der Waals surface area contributed by atoms with E-state index in [1.807, 2.05) is 0 Å². The van der Waals surface area contributed by atoms with Gasteiger partial charge in [-0.15, -0.1) is 0 Å². The van der Waals surface area contributed by atoms with E-state index >= 15 is 0 Å². The Labute approximate surface area is 78.7 Å². The second-order valence-electron chi connectivity index (χ2n) is 2.42. The molecule has 0 aliphatic carbocycles. The van der Waals surface area contributed by atoms with Crippen molar-refractivity contribution in [2.75, 3.05) is 12.3 Å². The number of hydrogen-bond acceptors (Lipinski definition) is 4. The molecule has 0 saturated carbocycles. The van der Waals surface area contributed by atoms with E-state index in [2.05, 4.69) is 20.9 Å². The van der Waals surface area contributed by atoms with Gasteiger partial charge in [-0.2, -0.15) is 0 Å². The standard InChI is InChI=1S/C7H10BrN3O/c8-5-1-4(6(9)3-12)2-11-7(5)10/h1-2,6,12H,3,9H2,(H2,10,11). The minimum atomic E-state index is -0.394. The third-order valence-corrected chi connectivity index (χ3v) is 2.15. The van der Waals surface area contributed by atoms with E-state index in [9.17, 15) is 0 Å². The fraction of sp³-hybridized carbons (Fsp3) is 0.286. The molecule has 1 atom stereocenters. The Morgan fingerprint density at radius 3 is 2.83 bits per heavy atom. The molecule has 12 heavy (non-hydrogen) atoms. The highest BCUT2D eigenvalue weighted by molar-refractivity contribution is 9.10. The molecule has 5 N–H and O–H groups in total. The van der Waals surface area contributed by atoms with E-state index in [4.69, 9.17) is 16.6 Å². The number of pyridine rings is 1. The molecule has 1 unspecified atom stereocenters. The van der Waals surface area contributed by atoms with Crippen LogP contribution in [0.3, 0.4) is 0 Å². The van der Waals surface area contributed by atoms with Gasteiger partial charge in [-0.05, 0) is 27.6 Å². The van der Waals surface area contributed by atoms with E-state index < -0.39 is 6.04 Å². The lowest BCUT2D eigenvalue weighted by Gasteiger charge is -2.08. The number of halogens is 1. The van der Waals surface area contributed by atoms with Crippen LogP contribution in [-0.4, -0.2) is 16.7 Å². The van der Waals surface area contributed by atoms with Gasteiger partial charge in [0.2, 0.25) is 0 Å². The first-order valence-electron chi connectivity index (χ1n) is 3.42. The number of anilines is 1. The van der Waals surface area contributed by atoms with Gasteiger partial charge in [-0.25, -0.2) is 4.98 Å². The van der Waals surface area contributed by atoms with Crippen LogP contribution in [-0.2, 0) is 0 Å². The molecule has 0 fully saturated rings. The Kier molecular flexibility index (Phi) is 3.02. The van der Waals surface area contributed by atoms with Crippen LogP contribution in [0.15, 0.2) is 16.7 Å². The van der Waals surface area contributed by atoms with Gasteiger partial charge < -0.3 is 16.6 Å². The highest BCUT2D eigenvalue weighted by atomic mass is 79.9. The van der Waals surface area contributed by atoms with Crippen LogP contribution in [0.25, 0.3) is 0 Å². The average molecular weight is 232 g/mol. The summed E-state index contributed by atoms with van der Waals surface area (Å²) in [6.07, 6.45) is 1.56. The van der Waals surface area contributed by atoms with Crippen molar-refractivity contribution >= 4 is 21.7 Å². The first kappa shape index (κ1) is 9.44. The zero-order chi connectivity index (χ0) is 9.14. The zero-order valence-corrected chi connectivity index (χ0v) is 7.95. The van der Waals surface area contributed by atoms with Crippen molar-refractivity contribution in [3.63, 3.8) is 0 Å². The van der Waals surface area contributed by atoms with E-state index in [1.165, 1.54) is 0 Å². The summed E-state index contributed by atoms with van der Waals surface area (Å²) >= 11 is 3.22. The summed E-state index contributed by atoms with van der Waals surface area (Å²) in [6, 6.07) is 1.36. The summed E-state index contributed by atoms with van der Waals surface area (Å²) in [5.74, 6) is 0.420. The molecule has 0 saturated heterocycles. The van der Waals surface area contributed by atoms with E-state index in [-0.39, 0.29) is 6.61 Å². The Hall–Kier alpha value is -0.650. The first-order valence-corrected chi connectivity index (χ1v) is 4.21. The lowest BCUT2D eigenvalue weighted by Crippen LogP contribution is -2.14. The van der Waals surface area contributed by atoms with E-state index in [1.54, 1.807) is 12.3 Å². The summed E-state index contributed by atoms with van der Waals surface area (Å²) in [6.45, 7) is -0.0992. The molecule has 1 aromatic rings. The van der Waals surface area contributed by atoms with Crippen molar-refractivity contribution in [2.24, 2.45) is 5.73 Å². The van der Waals surface area contributed by atoms with E-state index in [0.717, 1.165) is 5.56 Å². The smallest absolute Gasteiger partial charge is 0.137 e. The summed E-state index contributed by atoms with van der Waals surface area (Å²) in [5.41, 5.74) is 11.8. The number of hydrogen-bond donors (Lipinski definition) is 3. The van der Waals surface area contributed by atoms with Crippen molar-refractivity contribution in [3.05, 3.63) is 22.3 Å². The fourth-order valence-electron chi connectivity index (χ4n) is 0.771. The Balaban J connectivity index is 2.96. The lowest BCUT2D eigenvalue weighted by atomic mass is 10.1. The molecule has 0 spiro atoms. The lowest BCUT2D eigenvalue weighted by molar-refractivity contribution is 0.268. The first-order chi connectivity index (χ1) is 5.65. The summed E-state index contributed by atoms with van der Waals surface area (Å²) < 4.78 is 0.698. The van der Waals surface area contributed by atoms with Crippen LogP contribution < -0.4 is 11.5 Å². The highest BCUT2D eigenvalue weighted by Gasteiger charge is 2.06. The third-order valence-electron chi connectivity index (χ3n) is 1.52. The van der Waals surface area contributed by atoms with Crippen LogP contribution in [0.4, 0.5) is 5.82 Å². The highest BCUT2D eigenvalue weighted by Crippen LogP contribution is 2.20. The molecular weight excluding hydrogens is 222 g/mol. The minimum absolute atomic E-state index is 0.0992. The minimum Gasteiger partial charge on any atom is -0.394 e. The molecule has 4 nitrogen and oxygen atoms in total. The van der Waals surface area contributed by atoms with Crippen molar-refractivity contribution in [1.82, 2.24) is 4.98 Å². The van der Waals surface area contributed by atoms with Gasteiger partial charge >= 0.3 is 0 Å². The van der Waals surface area contributed by atoms with Gasteiger partial charge in [0.25, 0.3) is 0 Å². The maximum Gasteiger partial charge on any atom is 0.137 e. The number of aliphatic hydroxyl groups excluding tert-OH is 1. The fourth-order valence-corrected chi connectivity index (χ4v) is 1.14. The molecule has 0 radical (unpaired) electrons. The van der Waals surface area contributed by atoms with Crippen molar-refractivity contribution in [1.29, 1.82) is 0 Å². The van der Waals surface area contributed by atoms with Crippen LogP contribution in [0.1, 0.15) is 11.6 Å². The SMILES string of the molecule is Nc1ncc(C(N)CO)cc1Br. The quantitative estimate of drug-likeness (QED) is 0.689. The van der Waals surface area contributed by atoms with Crippen molar-refractivity contribution < 1.29 is 5.11 Å². The maximum atomic E-state index is 8.75. The maximum absolute atomic E-state index is 8.75. The molecule has 1 rings (SSSR count). The van der Waals surface area contributed by atoms with E-state index in [0.29, 0.717) is 10.3 Å². The van der Waals surface area contributed by atoms with Crippen LogP contribution >= 0.6 is 15.9 Å². The Morgan fingerprint density at radius 2 is 2.33 bits per heavy atom. The topological polar surface area (TPSA) is 85.2 Å². The predicted molar refractivity (Wildman–Crippen MR) is 50.4 cm³/mol. The summed E-state index contributed by atoms with van der Waals surface area (Å²) in [4.78, 5) is 3.89. The molecule has 0 bridgehead atoms. The molecule has 0 aliphatic rings. The van der Waals surface area contributed by atoms with Crippen molar-refractivity contribution in [2.45, 2.75) is 6.04 Å². The van der Waals surface area contributed by atoms with Gasteiger partial charge in [-0.1, -0.05) is 0 Å². The molecular formula is C7H10BrN3O. The number of nitrogens with two attached hydrogens (primary N) is 2.